The predicted molar refractivity (Wildman–Crippen MR) is 67.4 cm³/mol. The second kappa shape index (κ2) is 5.34. The number of thiophene rings is 1. The Balaban J connectivity index is 1.91. The molecule has 2 nitrogen and oxygen atoms in total. The van der Waals surface area contributed by atoms with Gasteiger partial charge >= 0.3 is 0 Å². The summed E-state index contributed by atoms with van der Waals surface area (Å²) in [5, 5.41) is 0. The molecule has 0 bridgehead atoms. The standard InChI is InChI=1S/C10H12ClNOS2/c11-10-2-1-9(15-10)8(13)7-12-3-5-14-6-4-12/h1-2H,3-7H2. The van der Waals surface area contributed by atoms with Crippen LogP contribution < -0.4 is 0 Å². The molecule has 0 atom stereocenters. The molecule has 82 valence electrons. The summed E-state index contributed by atoms with van der Waals surface area (Å²) in [6.45, 7) is 2.59. The van der Waals surface area contributed by atoms with Crippen molar-refractivity contribution in [1.29, 1.82) is 0 Å². The maximum absolute atomic E-state index is 11.8. The van der Waals surface area contributed by atoms with E-state index in [9.17, 15) is 4.79 Å². The molecule has 1 aliphatic heterocycles. The zero-order valence-electron chi connectivity index (χ0n) is 8.24. The van der Waals surface area contributed by atoms with Crippen molar-refractivity contribution in [1.82, 2.24) is 4.90 Å². The van der Waals surface area contributed by atoms with E-state index in [1.54, 1.807) is 6.07 Å². The van der Waals surface area contributed by atoms with Crippen molar-refractivity contribution in [3.8, 4) is 0 Å². The van der Waals surface area contributed by atoms with Gasteiger partial charge in [0, 0.05) is 24.6 Å². The monoisotopic (exact) mass is 261 g/mol. The lowest BCUT2D eigenvalue weighted by atomic mass is 10.3. The number of hydrogen-bond acceptors (Lipinski definition) is 4. The number of halogens is 1. The molecule has 2 heterocycles. The molecule has 15 heavy (non-hydrogen) atoms. The smallest absolute Gasteiger partial charge is 0.186 e. The average molecular weight is 262 g/mol. The van der Waals surface area contributed by atoms with E-state index in [1.165, 1.54) is 11.3 Å². The van der Waals surface area contributed by atoms with E-state index in [0.717, 1.165) is 29.5 Å². The molecule has 1 saturated heterocycles. The van der Waals surface area contributed by atoms with Crippen LogP contribution in [0.1, 0.15) is 9.67 Å². The molecule has 5 heteroatoms. The molecule has 1 fully saturated rings. The summed E-state index contributed by atoms with van der Waals surface area (Å²) in [7, 11) is 0. The molecule has 2 rings (SSSR count). The summed E-state index contributed by atoms with van der Waals surface area (Å²) < 4.78 is 0.688. The van der Waals surface area contributed by atoms with Crippen molar-refractivity contribution in [3.05, 3.63) is 21.3 Å². The zero-order valence-corrected chi connectivity index (χ0v) is 10.6. The second-order valence-electron chi connectivity index (χ2n) is 3.42. The first-order valence-electron chi connectivity index (χ1n) is 4.84. The van der Waals surface area contributed by atoms with E-state index in [-0.39, 0.29) is 5.78 Å². The van der Waals surface area contributed by atoms with Gasteiger partial charge in [0.25, 0.3) is 0 Å². The van der Waals surface area contributed by atoms with Gasteiger partial charge in [-0.3, -0.25) is 9.69 Å². The van der Waals surface area contributed by atoms with Crippen LogP contribution in [0.25, 0.3) is 0 Å². The zero-order chi connectivity index (χ0) is 10.7. The Labute approximate surface area is 103 Å². The summed E-state index contributed by atoms with van der Waals surface area (Å²) in [5.41, 5.74) is 0. The van der Waals surface area contributed by atoms with Gasteiger partial charge in [0.15, 0.2) is 5.78 Å². The quantitative estimate of drug-likeness (QED) is 0.781. The van der Waals surface area contributed by atoms with Gasteiger partial charge in [-0.2, -0.15) is 11.8 Å². The minimum Gasteiger partial charge on any atom is -0.294 e. The highest BCUT2D eigenvalue weighted by Crippen LogP contribution is 2.22. The number of ketones is 1. The van der Waals surface area contributed by atoms with Crippen LogP contribution >= 0.6 is 34.7 Å². The van der Waals surface area contributed by atoms with Crippen LogP contribution in [-0.4, -0.2) is 41.8 Å². The fourth-order valence-electron chi connectivity index (χ4n) is 1.50. The van der Waals surface area contributed by atoms with Crippen molar-refractivity contribution in [2.45, 2.75) is 0 Å². The first-order valence-corrected chi connectivity index (χ1v) is 7.19. The number of nitrogens with zero attached hydrogens (tertiary/aromatic N) is 1. The molecular weight excluding hydrogens is 250 g/mol. The number of thioether (sulfide) groups is 1. The van der Waals surface area contributed by atoms with Gasteiger partial charge < -0.3 is 0 Å². The Bertz CT molecular complexity index is 347. The van der Waals surface area contributed by atoms with Crippen LogP contribution in [0.5, 0.6) is 0 Å². The van der Waals surface area contributed by atoms with E-state index in [4.69, 9.17) is 11.6 Å². The van der Waals surface area contributed by atoms with Crippen LogP contribution in [0.3, 0.4) is 0 Å². The highest BCUT2D eigenvalue weighted by molar-refractivity contribution is 7.99. The third-order valence-corrected chi connectivity index (χ3v) is 4.53. The van der Waals surface area contributed by atoms with Gasteiger partial charge in [-0.1, -0.05) is 11.6 Å². The minimum atomic E-state index is 0.193. The lowest BCUT2D eigenvalue weighted by Crippen LogP contribution is -2.36. The normalized spacial score (nSPS) is 17.9. The topological polar surface area (TPSA) is 20.3 Å². The first-order chi connectivity index (χ1) is 7.25. The summed E-state index contributed by atoms with van der Waals surface area (Å²) in [6.07, 6.45) is 0. The third kappa shape index (κ3) is 3.21. The van der Waals surface area contributed by atoms with Gasteiger partial charge in [0.2, 0.25) is 0 Å². The average Bonchev–Trinajstić information content (AvgIpc) is 2.66. The molecule has 1 aromatic heterocycles. The number of Topliss-reactive ketones (excluding diaryl/α,β-unsaturated/α-hetero) is 1. The molecule has 0 spiro atoms. The second-order valence-corrected chi connectivity index (χ2v) is 6.36. The first kappa shape index (κ1) is 11.5. The van der Waals surface area contributed by atoms with Gasteiger partial charge in [-0.25, -0.2) is 0 Å². The third-order valence-electron chi connectivity index (χ3n) is 2.32. The summed E-state index contributed by atoms with van der Waals surface area (Å²) in [5.74, 6) is 2.47. The van der Waals surface area contributed by atoms with Crippen LogP contribution in [0, 0.1) is 0 Å². The summed E-state index contributed by atoms with van der Waals surface area (Å²) >= 11 is 9.12. The van der Waals surface area contributed by atoms with Crippen LogP contribution in [0.4, 0.5) is 0 Å². The van der Waals surface area contributed by atoms with Crippen molar-refractivity contribution in [2.24, 2.45) is 0 Å². The Morgan fingerprint density at radius 3 is 2.73 bits per heavy atom. The fraction of sp³-hybridized carbons (Fsp3) is 0.500. The van der Waals surface area contributed by atoms with Crippen molar-refractivity contribution in [2.75, 3.05) is 31.1 Å². The Morgan fingerprint density at radius 1 is 1.40 bits per heavy atom. The molecule has 0 aromatic carbocycles. The number of carbonyl (C=O) groups is 1. The highest BCUT2D eigenvalue weighted by atomic mass is 35.5. The van der Waals surface area contributed by atoms with Crippen LogP contribution in [0.2, 0.25) is 4.34 Å². The van der Waals surface area contributed by atoms with Crippen LogP contribution in [-0.2, 0) is 0 Å². The van der Waals surface area contributed by atoms with Crippen molar-refractivity contribution in [3.63, 3.8) is 0 Å². The summed E-state index contributed by atoms with van der Waals surface area (Å²) in [6, 6.07) is 3.60. The van der Waals surface area contributed by atoms with Crippen LogP contribution in [0.15, 0.2) is 12.1 Å². The van der Waals surface area contributed by atoms with Gasteiger partial charge in [-0.15, -0.1) is 11.3 Å². The molecule has 1 aromatic rings. The molecule has 0 N–H and O–H groups in total. The largest absolute Gasteiger partial charge is 0.294 e. The lowest BCUT2D eigenvalue weighted by molar-refractivity contribution is 0.0941. The van der Waals surface area contributed by atoms with E-state index in [2.05, 4.69) is 4.90 Å². The number of hydrogen-bond donors (Lipinski definition) is 0. The molecule has 0 amide bonds. The van der Waals surface area contributed by atoms with E-state index in [0.29, 0.717) is 10.9 Å². The van der Waals surface area contributed by atoms with E-state index >= 15 is 0 Å². The predicted octanol–water partition coefficient (Wildman–Crippen LogP) is 2.63. The Hall–Kier alpha value is -0.0300. The molecule has 1 aliphatic rings. The number of carbonyl (C=O) groups excluding carboxylic acids is 1. The van der Waals surface area contributed by atoms with Crippen molar-refractivity contribution >= 4 is 40.5 Å². The molecule has 0 radical (unpaired) electrons. The maximum atomic E-state index is 11.8. The molecular formula is C10H12ClNOS2. The van der Waals surface area contributed by atoms with Gasteiger partial charge in [-0.05, 0) is 12.1 Å². The minimum absolute atomic E-state index is 0.193. The summed E-state index contributed by atoms with van der Waals surface area (Å²) in [4.78, 5) is 14.8. The fourth-order valence-corrected chi connectivity index (χ4v) is 3.46. The van der Waals surface area contributed by atoms with E-state index < -0.39 is 0 Å². The molecule has 0 aliphatic carbocycles. The SMILES string of the molecule is O=C(CN1CCSCC1)c1ccc(Cl)s1. The van der Waals surface area contributed by atoms with Crippen molar-refractivity contribution < 1.29 is 4.79 Å². The van der Waals surface area contributed by atoms with E-state index in [1.807, 2.05) is 17.8 Å². The van der Waals surface area contributed by atoms with Gasteiger partial charge in [0.1, 0.15) is 0 Å². The Kier molecular flexibility index (Phi) is 4.08. The molecule has 0 unspecified atom stereocenters. The number of rotatable bonds is 3. The maximum Gasteiger partial charge on any atom is 0.186 e. The van der Waals surface area contributed by atoms with Gasteiger partial charge in [0.05, 0.1) is 15.8 Å². The lowest BCUT2D eigenvalue weighted by Gasteiger charge is -2.24. The molecule has 0 saturated carbocycles. The Morgan fingerprint density at radius 2 is 2.13 bits per heavy atom. The highest BCUT2D eigenvalue weighted by Gasteiger charge is 2.16.